The van der Waals surface area contributed by atoms with Crippen molar-refractivity contribution in [2.45, 2.75) is 39.3 Å². The zero-order chi connectivity index (χ0) is 19.6. The Morgan fingerprint density at radius 1 is 1.37 bits per heavy atom. The Morgan fingerprint density at radius 3 is 2.74 bits per heavy atom. The fourth-order valence-electron chi connectivity index (χ4n) is 3.06. The number of aliphatic imine (C=N–C) groups is 1. The Bertz CT molecular complexity index is 626. The fraction of sp³-hybridized carbons (Fsp3) is 0.632. The number of nitrogens with one attached hydrogen (secondary N) is 2. The highest BCUT2D eigenvalue weighted by molar-refractivity contribution is 5.80. The van der Waals surface area contributed by atoms with Gasteiger partial charge >= 0.3 is 6.09 Å². The van der Waals surface area contributed by atoms with Gasteiger partial charge in [-0.25, -0.2) is 14.8 Å². The zero-order valence-electron chi connectivity index (χ0n) is 16.9. The summed E-state index contributed by atoms with van der Waals surface area (Å²) in [6.07, 6.45) is 3.32. The predicted molar refractivity (Wildman–Crippen MR) is 108 cm³/mol. The van der Waals surface area contributed by atoms with E-state index in [4.69, 9.17) is 9.73 Å². The van der Waals surface area contributed by atoms with Crippen molar-refractivity contribution in [3.8, 4) is 0 Å². The Kier molecular flexibility index (Phi) is 8.16. The van der Waals surface area contributed by atoms with E-state index in [0.29, 0.717) is 26.2 Å². The van der Waals surface area contributed by atoms with E-state index in [-0.39, 0.29) is 12.1 Å². The van der Waals surface area contributed by atoms with Crippen LogP contribution in [-0.2, 0) is 11.3 Å². The van der Waals surface area contributed by atoms with Crippen LogP contribution in [0.15, 0.2) is 23.3 Å². The molecule has 150 valence electrons. The maximum Gasteiger partial charge on any atom is 0.409 e. The van der Waals surface area contributed by atoms with E-state index < -0.39 is 0 Å². The van der Waals surface area contributed by atoms with Gasteiger partial charge in [-0.05, 0) is 32.8 Å². The van der Waals surface area contributed by atoms with Gasteiger partial charge in [-0.3, -0.25) is 0 Å². The van der Waals surface area contributed by atoms with Gasteiger partial charge in [0.1, 0.15) is 5.82 Å². The molecule has 1 amide bonds. The van der Waals surface area contributed by atoms with Gasteiger partial charge in [0.25, 0.3) is 0 Å². The maximum atomic E-state index is 11.8. The van der Waals surface area contributed by atoms with Gasteiger partial charge in [-0.1, -0.05) is 6.07 Å². The first-order valence-electron chi connectivity index (χ1n) is 9.62. The van der Waals surface area contributed by atoms with E-state index in [9.17, 15) is 4.79 Å². The van der Waals surface area contributed by atoms with Gasteiger partial charge < -0.3 is 25.2 Å². The number of carbonyl (C=O) groups excluding carboxylic acids is 1. The Morgan fingerprint density at radius 2 is 2.11 bits per heavy atom. The summed E-state index contributed by atoms with van der Waals surface area (Å²) in [7, 11) is 3.96. The summed E-state index contributed by atoms with van der Waals surface area (Å²) in [5.74, 6) is 1.72. The molecule has 0 radical (unpaired) electrons. The van der Waals surface area contributed by atoms with Crippen LogP contribution in [0.2, 0.25) is 0 Å². The third-order valence-corrected chi connectivity index (χ3v) is 4.40. The summed E-state index contributed by atoms with van der Waals surface area (Å²) < 4.78 is 5.07. The first-order valence-corrected chi connectivity index (χ1v) is 9.62. The molecule has 2 N–H and O–H groups in total. The Balaban J connectivity index is 1.94. The SMILES string of the molecule is CCNC(=NCc1cccnc1N(C)C)NC1CCN(C(=O)OCC)CC1. The van der Waals surface area contributed by atoms with E-state index in [1.165, 1.54) is 0 Å². The number of nitrogens with zero attached hydrogens (tertiary/aromatic N) is 4. The van der Waals surface area contributed by atoms with Crippen molar-refractivity contribution < 1.29 is 9.53 Å². The van der Waals surface area contributed by atoms with Crippen LogP contribution in [0.5, 0.6) is 0 Å². The number of piperidine rings is 1. The molecule has 0 aliphatic carbocycles. The minimum absolute atomic E-state index is 0.218. The van der Waals surface area contributed by atoms with Crippen molar-refractivity contribution in [1.82, 2.24) is 20.5 Å². The lowest BCUT2D eigenvalue weighted by Crippen LogP contribution is -2.49. The smallest absolute Gasteiger partial charge is 0.409 e. The van der Waals surface area contributed by atoms with Gasteiger partial charge in [0.05, 0.1) is 13.2 Å². The van der Waals surface area contributed by atoms with Crippen LogP contribution in [0.25, 0.3) is 0 Å². The molecule has 1 aromatic heterocycles. The molecule has 2 rings (SSSR count). The summed E-state index contributed by atoms with van der Waals surface area (Å²) >= 11 is 0. The van der Waals surface area contributed by atoms with E-state index in [1.807, 2.05) is 38.1 Å². The lowest BCUT2D eigenvalue weighted by atomic mass is 10.1. The van der Waals surface area contributed by atoms with Crippen molar-refractivity contribution in [3.63, 3.8) is 0 Å². The molecular weight excluding hydrogens is 344 g/mol. The number of rotatable bonds is 6. The summed E-state index contributed by atoms with van der Waals surface area (Å²) in [6, 6.07) is 4.27. The second-order valence-electron chi connectivity index (χ2n) is 6.68. The van der Waals surface area contributed by atoms with Crippen molar-refractivity contribution in [1.29, 1.82) is 0 Å². The molecule has 8 nitrogen and oxygen atoms in total. The second-order valence-corrected chi connectivity index (χ2v) is 6.68. The number of aromatic nitrogens is 1. The van der Waals surface area contributed by atoms with E-state index >= 15 is 0 Å². The molecule has 1 aliphatic heterocycles. The van der Waals surface area contributed by atoms with Crippen LogP contribution in [0.1, 0.15) is 32.3 Å². The summed E-state index contributed by atoms with van der Waals surface area (Å²) in [5.41, 5.74) is 1.08. The van der Waals surface area contributed by atoms with E-state index in [1.54, 1.807) is 11.1 Å². The third kappa shape index (κ3) is 6.30. The number of ether oxygens (including phenoxy) is 1. The molecule has 0 bridgehead atoms. The van der Waals surface area contributed by atoms with Crippen LogP contribution in [0.4, 0.5) is 10.6 Å². The molecule has 1 aromatic rings. The average Bonchev–Trinajstić information content (AvgIpc) is 2.67. The average molecular weight is 377 g/mol. The number of hydrogen-bond donors (Lipinski definition) is 2. The minimum Gasteiger partial charge on any atom is -0.450 e. The van der Waals surface area contributed by atoms with Gasteiger partial charge in [-0.15, -0.1) is 0 Å². The van der Waals surface area contributed by atoms with Crippen molar-refractivity contribution in [2.24, 2.45) is 4.99 Å². The molecule has 8 heteroatoms. The van der Waals surface area contributed by atoms with Crippen LogP contribution in [-0.4, -0.2) is 68.3 Å². The molecule has 0 atom stereocenters. The highest BCUT2D eigenvalue weighted by Crippen LogP contribution is 2.15. The number of carbonyl (C=O) groups is 1. The van der Waals surface area contributed by atoms with E-state index in [2.05, 4.69) is 22.5 Å². The van der Waals surface area contributed by atoms with Gasteiger partial charge in [0.15, 0.2) is 5.96 Å². The molecule has 2 heterocycles. The van der Waals surface area contributed by atoms with Crippen LogP contribution < -0.4 is 15.5 Å². The molecule has 1 fully saturated rings. The van der Waals surface area contributed by atoms with Crippen molar-refractivity contribution >= 4 is 17.9 Å². The lowest BCUT2D eigenvalue weighted by molar-refractivity contribution is 0.0963. The molecule has 0 spiro atoms. The second kappa shape index (κ2) is 10.6. The molecular formula is C19H32N6O2. The largest absolute Gasteiger partial charge is 0.450 e. The normalized spacial score (nSPS) is 15.4. The first-order chi connectivity index (χ1) is 13.0. The number of amides is 1. The van der Waals surface area contributed by atoms with Crippen LogP contribution in [0, 0.1) is 0 Å². The van der Waals surface area contributed by atoms with Crippen LogP contribution >= 0.6 is 0 Å². The Labute approximate surface area is 162 Å². The van der Waals surface area contributed by atoms with Crippen LogP contribution in [0.3, 0.4) is 0 Å². The highest BCUT2D eigenvalue weighted by atomic mass is 16.6. The molecule has 1 saturated heterocycles. The molecule has 1 aliphatic rings. The minimum atomic E-state index is -0.218. The van der Waals surface area contributed by atoms with Gasteiger partial charge in [0, 0.05) is 51.5 Å². The van der Waals surface area contributed by atoms with Gasteiger partial charge in [-0.2, -0.15) is 0 Å². The standard InChI is InChI=1S/C19H32N6O2/c1-5-20-18(22-14-15-8-7-11-21-17(15)24(3)4)23-16-9-12-25(13-10-16)19(26)27-6-2/h7-8,11,16H,5-6,9-10,12-14H2,1-4H3,(H2,20,22,23). The summed E-state index contributed by atoms with van der Waals surface area (Å²) in [4.78, 5) is 24.7. The molecule has 0 saturated carbocycles. The molecule has 0 unspecified atom stereocenters. The molecule has 27 heavy (non-hydrogen) atoms. The fourth-order valence-corrected chi connectivity index (χ4v) is 3.06. The van der Waals surface area contributed by atoms with Gasteiger partial charge in [0.2, 0.25) is 0 Å². The van der Waals surface area contributed by atoms with E-state index in [0.717, 1.165) is 36.7 Å². The number of pyridine rings is 1. The Hall–Kier alpha value is -2.51. The number of likely N-dealkylation sites (tertiary alicyclic amines) is 1. The molecule has 0 aromatic carbocycles. The summed E-state index contributed by atoms with van der Waals surface area (Å²) in [5, 5.41) is 6.80. The monoisotopic (exact) mass is 376 g/mol. The lowest BCUT2D eigenvalue weighted by Gasteiger charge is -2.32. The summed E-state index contributed by atoms with van der Waals surface area (Å²) in [6.45, 7) is 7.04. The van der Waals surface area contributed by atoms with Crippen molar-refractivity contribution in [3.05, 3.63) is 23.9 Å². The first kappa shape index (κ1) is 20.8. The topological polar surface area (TPSA) is 82.1 Å². The zero-order valence-corrected chi connectivity index (χ0v) is 16.9. The highest BCUT2D eigenvalue weighted by Gasteiger charge is 2.24. The number of hydrogen-bond acceptors (Lipinski definition) is 5. The maximum absolute atomic E-state index is 11.8. The quantitative estimate of drug-likeness (QED) is 0.582. The third-order valence-electron chi connectivity index (χ3n) is 4.40. The number of anilines is 1. The number of guanidine groups is 1. The predicted octanol–water partition coefficient (Wildman–Crippen LogP) is 1.82. The van der Waals surface area contributed by atoms with Crippen molar-refractivity contribution in [2.75, 3.05) is 45.2 Å².